The first kappa shape index (κ1) is 28.0. The quantitative estimate of drug-likeness (QED) is 0.374. The Kier molecular flexibility index (Phi) is 8.72. The Morgan fingerprint density at radius 3 is 2.41 bits per heavy atom. The Hall–Kier alpha value is -2.23. The highest BCUT2D eigenvalue weighted by molar-refractivity contribution is 7.95. The van der Waals surface area contributed by atoms with Gasteiger partial charge in [-0.05, 0) is 40.2 Å². The lowest BCUT2D eigenvalue weighted by Crippen LogP contribution is -2.41. The lowest BCUT2D eigenvalue weighted by molar-refractivity contribution is -0.169. The summed E-state index contributed by atoms with van der Waals surface area (Å²) in [5.41, 5.74) is 0.167. The molecule has 0 aromatic carbocycles. The number of primary sulfonamides is 1. The SMILES string of the molecule is CCN(C(=O)OCC(C)OC(=O)[C@H](C)OC(C)=O)[C@H]1C[C@H](C)S(=O)(=O)c2sc(S(N)(=O)=O)cc21. The van der Waals surface area contributed by atoms with E-state index in [1.54, 1.807) is 6.92 Å². The predicted molar refractivity (Wildman–Crippen MR) is 120 cm³/mol. The number of rotatable bonds is 8. The van der Waals surface area contributed by atoms with Gasteiger partial charge in [-0.15, -0.1) is 11.3 Å². The van der Waals surface area contributed by atoms with Crippen LogP contribution < -0.4 is 5.14 Å². The van der Waals surface area contributed by atoms with Gasteiger partial charge in [-0.3, -0.25) is 4.79 Å². The van der Waals surface area contributed by atoms with Crippen LogP contribution in [-0.2, 0) is 43.7 Å². The third-order valence-electron chi connectivity index (χ3n) is 5.07. The van der Waals surface area contributed by atoms with Crippen LogP contribution in [-0.4, -0.2) is 70.4 Å². The van der Waals surface area contributed by atoms with E-state index in [1.807, 2.05) is 0 Å². The lowest BCUT2D eigenvalue weighted by atomic mass is 10.0. The molecule has 34 heavy (non-hydrogen) atoms. The number of fused-ring (bicyclic) bond motifs is 1. The second kappa shape index (κ2) is 10.6. The highest BCUT2D eigenvalue weighted by Crippen LogP contribution is 2.45. The van der Waals surface area contributed by atoms with E-state index in [9.17, 15) is 31.2 Å². The average Bonchev–Trinajstić information content (AvgIpc) is 3.17. The molecular formula is C19H28N2O10S3. The number of hydrogen-bond donors (Lipinski definition) is 1. The molecule has 0 spiro atoms. The highest BCUT2D eigenvalue weighted by atomic mass is 32.3. The van der Waals surface area contributed by atoms with Crippen molar-refractivity contribution in [3.63, 3.8) is 0 Å². The average molecular weight is 541 g/mol. The number of amides is 1. The van der Waals surface area contributed by atoms with Gasteiger partial charge in [0, 0.05) is 19.0 Å². The fraction of sp³-hybridized carbons (Fsp3) is 0.632. The van der Waals surface area contributed by atoms with Crippen molar-refractivity contribution in [2.75, 3.05) is 13.2 Å². The zero-order valence-corrected chi connectivity index (χ0v) is 21.8. The minimum Gasteiger partial charge on any atom is -0.456 e. The molecule has 0 saturated heterocycles. The molecule has 0 bridgehead atoms. The van der Waals surface area contributed by atoms with Crippen molar-refractivity contribution in [2.45, 2.75) is 73.0 Å². The maximum Gasteiger partial charge on any atom is 0.410 e. The minimum absolute atomic E-state index is 0.0313. The van der Waals surface area contributed by atoms with E-state index < -0.39 is 61.4 Å². The van der Waals surface area contributed by atoms with E-state index in [0.717, 1.165) is 6.92 Å². The van der Waals surface area contributed by atoms with Crippen LogP contribution in [0, 0.1) is 0 Å². The van der Waals surface area contributed by atoms with Crippen molar-refractivity contribution in [1.82, 2.24) is 4.90 Å². The van der Waals surface area contributed by atoms with Crippen molar-refractivity contribution in [2.24, 2.45) is 5.14 Å². The summed E-state index contributed by atoms with van der Waals surface area (Å²) < 4.78 is 63.8. The molecule has 2 N–H and O–H groups in total. The Morgan fingerprint density at radius 1 is 1.26 bits per heavy atom. The van der Waals surface area contributed by atoms with Gasteiger partial charge in [0.1, 0.15) is 21.1 Å². The summed E-state index contributed by atoms with van der Waals surface area (Å²) in [6, 6.07) is 0.416. The molecule has 2 heterocycles. The summed E-state index contributed by atoms with van der Waals surface area (Å²) in [7, 11) is -7.94. The third-order valence-corrected chi connectivity index (χ3v) is 10.4. The summed E-state index contributed by atoms with van der Waals surface area (Å²) in [6.07, 6.45) is -2.75. The molecule has 1 aliphatic rings. The van der Waals surface area contributed by atoms with Crippen molar-refractivity contribution < 1.29 is 45.4 Å². The van der Waals surface area contributed by atoms with E-state index in [-0.39, 0.29) is 33.6 Å². The zero-order valence-electron chi connectivity index (χ0n) is 19.3. The second-order valence-electron chi connectivity index (χ2n) is 7.82. The summed E-state index contributed by atoms with van der Waals surface area (Å²) in [5, 5.41) is 4.31. The number of thiophene rings is 1. The second-order valence-corrected chi connectivity index (χ2v) is 13.2. The van der Waals surface area contributed by atoms with Gasteiger partial charge in [0.15, 0.2) is 15.9 Å². The number of sulfone groups is 1. The maximum atomic E-state index is 12.8. The van der Waals surface area contributed by atoms with Crippen LogP contribution in [0.4, 0.5) is 4.79 Å². The van der Waals surface area contributed by atoms with E-state index in [0.29, 0.717) is 11.3 Å². The van der Waals surface area contributed by atoms with E-state index in [4.69, 9.17) is 19.3 Å². The molecule has 0 fully saturated rings. The van der Waals surface area contributed by atoms with Crippen molar-refractivity contribution in [3.8, 4) is 0 Å². The van der Waals surface area contributed by atoms with Gasteiger partial charge in [-0.2, -0.15) is 0 Å². The summed E-state index contributed by atoms with van der Waals surface area (Å²) in [4.78, 5) is 37.0. The molecule has 2 rings (SSSR count). The van der Waals surface area contributed by atoms with E-state index in [2.05, 4.69) is 0 Å². The maximum absolute atomic E-state index is 12.8. The van der Waals surface area contributed by atoms with Crippen LogP contribution in [0.2, 0.25) is 0 Å². The molecule has 1 aromatic rings. The Bertz CT molecular complexity index is 1160. The van der Waals surface area contributed by atoms with Crippen molar-refractivity contribution in [1.29, 1.82) is 0 Å². The van der Waals surface area contributed by atoms with Crippen molar-refractivity contribution in [3.05, 3.63) is 11.6 Å². The number of nitrogens with zero attached hydrogens (tertiary/aromatic N) is 1. The lowest BCUT2D eigenvalue weighted by Gasteiger charge is -2.35. The smallest absolute Gasteiger partial charge is 0.410 e. The number of nitrogens with two attached hydrogens (primary N) is 1. The monoisotopic (exact) mass is 540 g/mol. The molecule has 1 aliphatic heterocycles. The topological polar surface area (TPSA) is 176 Å². The number of carbonyl (C=O) groups excluding carboxylic acids is 3. The van der Waals surface area contributed by atoms with Gasteiger partial charge in [0.05, 0.1) is 11.3 Å². The summed E-state index contributed by atoms with van der Waals surface area (Å²) in [6.45, 7) is 6.93. The first-order valence-corrected chi connectivity index (χ1v) is 14.2. The number of esters is 2. The zero-order chi connectivity index (χ0) is 26.0. The highest BCUT2D eigenvalue weighted by Gasteiger charge is 2.43. The molecule has 1 amide bonds. The molecule has 0 radical (unpaired) electrons. The van der Waals surface area contributed by atoms with Gasteiger partial charge < -0.3 is 19.1 Å². The Labute approximate surface area is 202 Å². The molecule has 192 valence electrons. The van der Waals surface area contributed by atoms with E-state index >= 15 is 0 Å². The predicted octanol–water partition coefficient (Wildman–Crippen LogP) is 1.34. The van der Waals surface area contributed by atoms with Crippen LogP contribution >= 0.6 is 11.3 Å². The fourth-order valence-corrected chi connectivity index (χ4v) is 7.78. The molecule has 15 heteroatoms. The van der Waals surface area contributed by atoms with Gasteiger partial charge >= 0.3 is 18.0 Å². The van der Waals surface area contributed by atoms with Crippen LogP contribution in [0.25, 0.3) is 0 Å². The normalized spacial score (nSPS) is 21.0. The van der Waals surface area contributed by atoms with Gasteiger partial charge in [0.25, 0.3) is 0 Å². The fourth-order valence-electron chi connectivity index (χ4n) is 3.38. The number of hydrogen-bond acceptors (Lipinski definition) is 11. The van der Waals surface area contributed by atoms with E-state index in [1.165, 1.54) is 31.7 Å². The third kappa shape index (κ3) is 6.25. The Morgan fingerprint density at radius 2 is 1.88 bits per heavy atom. The van der Waals surface area contributed by atoms with Crippen LogP contribution in [0.5, 0.6) is 0 Å². The molecule has 0 aliphatic carbocycles. The number of ether oxygens (including phenoxy) is 3. The number of sulfonamides is 1. The minimum atomic E-state index is -4.15. The molecule has 0 saturated carbocycles. The van der Waals surface area contributed by atoms with Gasteiger partial charge in [-0.1, -0.05) is 0 Å². The first-order chi connectivity index (χ1) is 15.6. The van der Waals surface area contributed by atoms with Crippen LogP contribution in [0.15, 0.2) is 14.5 Å². The Balaban J connectivity index is 2.18. The van der Waals surface area contributed by atoms with Crippen LogP contribution in [0.3, 0.4) is 0 Å². The molecule has 12 nitrogen and oxygen atoms in total. The molecule has 1 unspecified atom stereocenters. The molecule has 1 aromatic heterocycles. The van der Waals surface area contributed by atoms with Crippen molar-refractivity contribution >= 4 is 49.2 Å². The molecular weight excluding hydrogens is 512 g/mol. The van der Waals surface area contributed by atoms with Gasteiger partial charge in [0.2, 0.25) is 10.0 Å². The largest absolute Gasteiger partial charge is 0.456 e. The standard InChI is InChI=1S/C19H28N2O10S3/c1-6-21(19(24)29-9-10(2)30-17(23)12(4)31-13(5)22)15-7-11(3)33(25,26)18-14(15)8-16(32-18)34(20,27)28/h8,10-12,15H,6-7,9H2,1-5H3,(H2,20,27,28)/t10?,11-,12-,15-/m0/s1. The summed E-state index contributed by atoms with van der Waals surface area (Å²) in [5.74, 6) is -1.46. The van der Waals surface area contributed by atoms with Gasteiger partial charge in [-0.25, -0.2) is 31.6 Å². The summed E-state index contributed by atoms with van der Waals surface area (Å²) >= 11 is 0.555. The molecule has 4 atom stereocenters. The first-order valence-electron chi connectivity index (χ1n) is 10.3. The van der Waals surface area contributed by atoms with Crippen LogP contribution in [0.1, 0.15) is 52.6 Å². The number of carbonyl (C=O) groups is 3.